The average molecular weight is 508 g/mol. The molecule has 2 aliphatic rings. The van der Waals surface area contributed by atoms with E-state index in [0.29, 0.717) is 54.0 Å². The number of likely N-dealkylation sites (tertiary alicyclic amines) is 1. The van der Waals surface area contributed by atoms with Crippen molar-refractivity contribution in [2.45, 2.75) is 71.0 Å². The molecule has 1 saturated heterocycles. The van der Waals surface area contributed by atoms with E-state index in [9.17, 15) is 19.1 Å². The van der Waals surface area contributed by atoms with Gasteiger partial charge in [0.05, 0.1) is 5.60 Å². The number of halogens is 1. The van der Waals surface area contributed by atoms with Crippen LogP contribution in [0, 0.1) is 25.6 Å². The molecule has 6 nitrogen and oxygen atoms in total. The van der Waals surface area contributed by atoms with Gasteiger partial charge in [-0.25, -0.2) is 9.18 Å². The van der Waals surface area contributed by atoms with Gasteiger partial charge in [0.15, 0.2) is 0 Å². The first-order valence-corrected chi connectivity index (χ1v) is 13.2. The maximum Gasteiger partial charge on any atom is 0.339 e. The molecule has 0 bridgehead atoms. The summed E-state index contributed by atoms with van der Waals surface area (Å²) in [5.74, 6) is 0.347. The third kappa shape index (κ3) is 5.01. The van der Waals surface area contributed by atoms with E-state index in [1.807, 2.05) is 24.8 Å². The van der Waals surface area contributed by atoms with Crippen molar-refractivity contribution >= 4 is 16.9 Å². The van der Waals surface area contributed by atoms with Crippen LogP contribution in [-0.4, -0.2) is 34.6 Å². The minimum atomic E-state index is -0.624. The molecule has 2 fully saturated rings. The summed E-state index contributed by atoms with van der Waals surface area (Å²) in [6, 6.07) is 10.1. The smallest absolute Gasteiger partial charge is 0.339 e. The van der Waals surface area contributed by atoms with Crippen molar-refractivity contribution in [1.29, 1.82) is 0 Å². The molecule has 1 amide bonds. The van der Waals surface area contributed by atoms with Gasteiger partial charge in [-0.1, -0.05) is 31.0 Å². The number of aryl methyl sites for hydroxylation is 2. The van der Waals surface area contributed by atoms with Gasteiger partial charge in [-0.15, -0.1) is 0 Å². The largest absolute Gasteiger partial charge is 0.488 e. The summed E-state index contributed by atoms with van der Waals surface area (Å²) in [6.45, 7) is 4.91. The van der Waals surface area contributed by atoms with E-state index in [-0.39, 0.29) is 30.7 Å². The van der Waals surface area contributed by atoms with Crippen LogP contribution < -0.4 is 10.4 Å². The van der Waals surface area contributed by atoms with Gasteiger partial charge in [0.25, 0.3) is 0 Å². The molecule has 0 unspecified atom stereocenters. The summed E-state index contributed by atoms with van der Waals surface area (Å²) in [6.07, 6.45) is 5.09. The minimum Gasteiger partial charge on any atom is -0.488 e. The Morgan fingerprint density at radius 1 is 1.16 bits per heavy atom. The lowest BCUT2D eigenvalue weighted by Gasteiger charge is -2.47. The molecule has 37 heavy (non-hydrogen) atoms. The molecule has 1 aliphatic heterocycles. The molecule has 196 valence electrons. The second-order valence-corrected chi connectivity index (χ2v) is 10.6. The van der Waals surface area contributed by atoms with Crippen molar-refractivity contribution < 1.29 is 23.4 Å². The second kappa shape index (κ2) is 10.3. The Morgan fingerprint density at radius 2 is 1.97 bits per heavy atom. The summed E-state index contributed by atoms with van der Waals surface area (Å²) in [7, 11) is 0. The fourth-order valence-corrected chi connectivity index (χ4v) is 5.97. The van der Waals surface area contributed by atoms with Crippen LogP contribution in [0.2, 0.25) is 0 Å². The number of carbonyl (C=O) groups excluding carboxylic acids is 1. The van der Waals surface area contributed by atoms with Crippen LogP contribution in [0.15, 0.2) is 45.6 Å². The van der Waals surface area contributed by atoms with Gasteiger partial charge in [0.1, 0.15) is 23.8 Å². The molecule has 0 spiro atoms. The van der Waals surface area contributed by atoms with Crippen molar-refractivity contribution in [1.82, 2.24) is 4.90 Å². The zero-order valence-electron chi connectivity index (χ0n) is 21.5. The van der Waals surface area contributed by atoms with Crippen molar-refractivity contribution in [3.63, 3.8) is 0 Å². The van der Waals surface area contributed by atoms with Crippen LogP contribution in [0.3, 0.4) is 0 Å². The summed E-state index contributed by atoms with van der Waals surface area (Å²) in [5.41, 5.74) is 1.78. The molecule has 1 N–H and O–H groups in total. The van der Waals surface area contributed by atoms with Crippen LogP contribution in [0.5, 0.6) is 5.75 Å². The quantitative estimate of drug-likeness (QED) is 0.463. The highest BCUT2D eigenvalue weighted by Gasteiger charge is 2.43. The Labute approximate surface area is 216 Å². The number of benzene rings is 2. The first-order chi connectivity index (χ1) is 17.8. The SMILES string of the molecule is Cc1c(CCC(=O)N2CC[C@]3(O)CCCC[C@H]3C2)c(=O)oc2c(C)c(OCc3ccccc3F)ccc12. The molecule has 1 saturated carbocycles. The predicted octanol–water partition coefficient (Wildman–Crippen LogP) is 5.21. The molecule has 1 aromatic heterocycles. The number of carbonyl (C=O) groups is 1. The van der Waals surface area contributed by atoms with Gasteiger partial charge in [0, 0.05) is 47.5 Å². The Kier molecular flexibility index (Phi) is 7.08. The van der Waals surface area contributed by atoms with Crippen LogP contribution in [-0.2, 0) is 17.8 Å². The van der Waals surface area contributed by atoms with Crippen LogP contribution in [0.1, 0.15) is 60.8 Å². The zero-order valence-corrected chi connectivity index (χ0v) is 21.5. The Balaban J connectivity index is 1.29. The number of fused-ring (bicyclic) bond motifs is 2. The molecule has 7 heteroatoms. The fraction of sp³-hybridized carbons (Fsp3) is 0.467. The van der Waals surface area contributed by atoms with Crippen LogP contribution >= 0.6 is 0 Å². The van der Waals surface area contributed by atoms with Gasteiger partial charge >= 0.3 is 5.63 Å². The van der Waals surface area contributed by atoms with E-state index in [4.69, 9.17) is 9.15 Å². The third-order valence-electron chi connectivity index (χ3n) is 8.36. The number of hydrogen-bond acceptors (Lipinski definition) is 5. The van der Waals surface area contributed by atoms with Gasteiger partial charge in [0.2, 0.25) is 5.91 Å². The molecule has 2 aromatic carbocycles. The van der Waals surface area contributed by atoms with Crippen LogP contribution in [0.25, 0.3) is 11.0 Å². The van der Waals surface area contributed by atoms with E-state index in [2.05, 4.69) is 0 Å². The lowest BCUT2D eigenvalue weighted by atomic mass is 9.71. The topological polar surface area (TPSA) is 80.0 Å². The van der Waals surface area contributed by atoms with E-state index in [1.165, 1.54) is 6.07 Å². The summed E-state index contributed by atoms with van der Waals surface area (Å²) >= 11 is 0. The maximum atomic E-state index is 14.0. The molecule has 1 aliphatic carbocycles. The summed E-state index contributed by atoms with van der Waals surface area (Å²) in [4.78, 5) is 27.8. The lowest BCUT2D eigenvalue weighted by Crippen LogP contribution is -2.54. The highest BCUT2D eigenvalue weighted by molar-refractivity contribution is 5.86. The number of nitrogens with zero attached hydrogens (tertiary/aromatic N) is 1. The number of ether oxygens (including phenoxy) is 1. The Hall–Kier alpha value is -3.19. The summed E-state index contributed by atoms with van der Waals surface area (Å²) in [5, 5.41) is 11.7. The standard InChI is InChI=1S/C30H34FNO5/c1-19-23-10-12-26(36-18-21-7-3-4-9-25(21)31)20(2)28(23)37-29(34)24(19)11-13-27(33)32-16-15-30(35)14-6-5-8-22(30)17-32/h3-4,7,9-10,12,22,35H,5-6,8,11,13-18H2,1-2H3/t22-,30+/m0/s1. The highest BCUT2D eigenvalue weighted by Crippen LogP contribution is 2.40. The maximum absolute atomic E-state index is 14.0. The molecular formula is C30H34FNO5. The summed E-state index contributed by atoms with van der Waals surface area (Å²) < 4.78 is 25.5. The van der Waals surface area contributed by atoms with Gasteiger partial charge in [-0.3, -0.25) is 4.79 Å². The van der Waals surface area contributed by atoms with E-state index < -0.39 is 11.2 Å². The van der Waals surface area contributed by atoms with Gasteiger partial charge < -0.3 is 19.2 Å². The molecule has 0 radical (unpaired) electrons. The van der Waals surface area contributed by atoms with Gasteiger partial charge in [-0.2, -0.15) is 0 Å². The fourth-order valence-electron chi connectivity index (χ4n) is 5.97. The first-order valence-electron chi connectivity index (χ1n) is 13.2. The monoisotopic (exact) mass is 507 g/mol. The Bertz CT molecular complexity index is 1380. The second-order valence-electron chi connectivity index (χ2n) is 10.6. The molecule has 3 aromatic rings. The first kappa shape index (κ1) is 25.5. The van der Waals surface area contributed by atoms with Crippen molar-refractivity contribution in [3.8, 4) is 5.75 Å². The van der Waals surface area contributed by atoms with E-state index in [0.717, 1.165) is 36.6 Å². The van der Waals surface area contributed by atoms with Gasteiger partial charge in [-0.05, 0) is 63.3 Å². The predicted molar refractivity (Wildman–Crippen MR) is 139 cm³/mol. The molecular weight excluding hydrogens is 473 g/mol. The number of hydrogen-bond donors (Lipinski definition) is 1. The lowest BCUT2D eigenvalue weighted by molar-refractivity contribution is -0.143. The van der Waals surface area contributed by atoms with Crippen molar-refractivity contribution in [3.05, 3.63) is 74.9 Å². The number of aliphatic hydroxyl groups is 1. The average Bonchev–Trinajstić information content (AvgIpc) is 2.88. The zero-order chi connectivity index (χ0) is 26.2. The van der Waals surface area contributed by atoms with Crippen molar-refractivity contribution in [2.24, 2.45) is 5.92 Å². The molecule has 2 atom stereocenters. The number of rotatable bonds is 6. The van der Waals surface area contributed by atoms with Crippen molar-refractivity contribution in [2.75, 3.05) is 13.1 Å². The van der Waals surface area contributed by atoms with E-state index >= 15 is 0 Å². The minimum absolute atomic E-state index is 0.0135. The Morgan fingerprint density at radius 3 is 2.78 bits per heavy atom. The third-order valence-corrected chi connectivity index (χ3v) is 8.36. The van der Waals surface area contributed by atoms with Crippen LogP contribution in [0.4, 0.5) is 4.39 Å². The highest BCUT2D eigenvalue weighted by atomic mass is 19.1. The number of piperidine rings is 1. The number of amides is 1. The van der Waals surface area contributed by atoms with E-state index in [1.54, 1.807) is 24.3 Å². The normalized spacial score (nSPS) is 21.6. The molecule has 5 rings (SSSR count). The molecule has 2 heterocycles.